The smallest absolute Gasteiger partial charge is 0.227 e. The van der Waals surface area contributed by atoms with E-state index in [0.717, 1.165) is 31.2 Å². The van der Waals surface area contributed by atoms with Crippen LogP contribution in [0.2, 0.25) is 0 Å². The van der Waals surface area contributed by atoms with Crippen molar-refractivity contribution in [2.75, 3.05) is 31.5 Å². The van der Waals surface area contributed by atoms with Gasteiger partial charge in [0.2, 0.25) is 5.91 Å². The molecule has 1 aliphatic rings. The Bertz CT molecular complexity index is 574. The number of nitrogens with one attached hydrogen (secondary N) is 2. The molecule has 2 rings (SSSR count). The van der Waals surface area contributed by atoms with Crippen molar-refractivity contribution >= 4 is 17.7 Å². The molecule has 2 unspecified atom stereocenters. The zero-order valence-corrected chi connectivity index (χ0v) is 15.9. The van der Waals surface area contributed by atoms with E-state index in [-0.39, 0.29) is 5.91 Å². The predicted octanol–water partition coefficient (Wildman–Crippen LogP) is 2.66. The summed E-state index contributed by atoms with van der Waals surface area (Å²) in [6, 6.07) is 3.75. The number of carbonyl (C=O) groups excluding carboxylic acids is 1. The van der Waals surface area contributed by atoms with Crippen molar-refractivity contribution < 1.29 is 4.79 Å². The van der Waals surface area contributed by atoms with Crippen molar-refractivity contribution in [3.63, 3.8) is 0 Å². The lowest BCUT2D eigenvalue weighted by atomic mass is 9.92. The Morgan fingerprint density at radius 1 is 1.32 bits per heavy atom. The minimum Gasteiger partial charge on any atom is -0.357 e. The van der Waals surface area contributed by atoms with E-state index < -0.39 is 0 Å². The zero-order valence-electron chi connectivity index (χ0n) is 15.9. The lowest BCUT2D eigenvalue weighted by Crippen LogP contribution is -2.48. The number of carbonyl (C=O) groups is 1. The van der Waals surface area contributed by atoms with Crippen LogP contribution in [0.4, 0.5) is 5.82 Å². The summed E-state index contributed by atoms with van der Waals surface area (Å²) in [5, 5.41) is 6.17. The number of piperidine rings is 1. The first-order valence-electron chi connectivity index (χ1n) is 9.23. The van der Waals surface area contributed by atoms with Gasteiger partial charge in [-0.1, -0.05) is 19.9 Å². The molecule has 1 fully saturated rings. The third-order valence-electron chi connectivity index (χ3n) is 4.28. The Morgan fingerprint density at radius 2 is 2.04 bits per heavy atom. The number of aryl methyl sites for hydroxylation is 1. The van der Waals surface area contributed by atoms with E-state index in [1.54, 1.807) is 6.20 Å². The molecule has 0 spiro atoms. The van der Waals surface area contributed by atoms with Gasteiger partial charge in [-0.3, -0.25) is 9.79 Å². The standard InChI is InChI=1S/C19H31N5O/c1-5-20-19(24-12-15(3)10-16(4)13-24)21-9-8-18(25)23-17-7-6-14(2)11-22-17/h6-7,11,15-16H,5,8-10,12-13H2,1-4H3,(H,20,21)(H,22,23,25). The van der Waals surface area contributed by atoms with E-state index >= 15 is 0 Å². The van der Waals surface area contributed by atoms with Crippen molar-refractivity contribution in [2.45, 2.75) is 40.5 Å². The number of hydrogen-bond donors (Lipinski definition) is 2. The molecule has 1 aliphatic heterocycles. The zero-order chi connectivity index (χ0) is 18.2. The quantitative estimate of drug-likeness (QED) is 0.636. The number of likely N-dealkylation sites (tertiary alicyclic amines) is 1. The molecule has 25 heavy (non-hydrogen) atoms. The van der Waals surface area contributed by atoms with Gasteiger partial charge in [0.1, 0.15) is 5.82 Å². The second-order valence-corrected chi connectivity index (χ2v) is 7.11. The van der Waals surface area contributed by atoms with Crippen LogP contribution in [0.25, 0.3) is 0 Å². The van der Waals surface area contributed by atoms with E-state index in [9.17, 15) is 4.79 Å². The third-order valence-corrected chi connectivity index (χ3v) is 4.28. The Balaban J connectivity index is 1.87. The van der Waals surface area contributed by atoms with Gasteiger partial charge in [-0.05, 0) is 43.7 Å². The first-order valence-corrected chi connectivity index (χ1v) is 9.23. The van der Waals surface area contributed by atoms with Crippen LogP contribution >= 0.6 is 0 Å². The number of hydrogen-bond acceptors (Lipinski definition) is 3. The van der Waals surface area contributed by atoms with Gasteiger partial charge in [0, 0.05) is 32.3 Å². The van der Waals surface area contributed by atoms with Crippen LogP contribution in [0.15, 0.2) is 23.3 Å². The maximum Gasteiger partial charge on any atom is 0.227 e. The van der Waals surface area contributed by atoms with Gasteiger partial charge in [-0.25, -0.2) is 4.98 Å². The lowest BCUT2D eigenvalue weighted by molar-refractivity contribution is -0.116. The van der Waals surface area contributed by atoms with Crippen LogP contribution < -0.4 is 10.6 Å². The first kappa shape index (κ1) is 19.2. The molecule has 1 aromatic rings. The highest BCUT2D eigenvalue weighted by atomic mass is 16.1. The normalized spacial score (nSPS) is 21.1. The number of amides is 1. The Labute approximate surface area is 151 Å². The molecule has 0 bridgehead atoms. The third kappa shape index (κ3) is 6.36. The van der Waals surface area contributed by atoms with E-state index in [0.29, 0.717) is 30.6 Å². The van der Waals surface area contributed by atoms with Crippen molar-refractivity contribution in [3.8, 4) is 0 Å². The van der Waals surface area contributed by atoms with E-state index in [4.69, 9.17) is 0 Å². The summed E-state index contributed by atoms with van der Waals surface area (Å²) < 4.78 is 0. The molecule has 138 valence electrons. The minimum absolute atomic E-state index is 0.0590. The summed E-state index contributed by atoms with van der Waals surface area (Å²) in [6.07, 6.45) is 3.36. The van der Waals surface area contributed by atoms with Crippen LogP contribution in [-0.4, -0.2) is 47.9 Å². The number of rotatable bonds is 5. The average Bonchev–Trinajstić information content (AvgIpc) is 2.55. The van der Waals surface area contributed by atoms with Crippen LogP contribution in [0.3, 0.4) is 0 Å². The highest BCUT2D eigenvalue weighted by Gasteiger charge is 2.23. The van der Waals surface area contributed by atoms with Crippen molar-refractivity contribution in [2.24, 2.45) is 16.8 Å². The fraction of sp³-hybridized carbons (Fsp3) is 0.632. The van der Waals surface area contributed by atoms with Crippen LogP contribution in [0.1, 0.15) is 39.2 Å². The summed E-state index contributed by atoms with van der Waals surface area (Å²) in [7, 11) is 0. The molecule has 1 amide bonds. The molecule has 2 atom stereocenters. The molecule has 6 nitrogen and oxygen atoms in total. The number of aromatic nitrogens is 1. The molecule has 0 radical (unpaired) electrons. The summed E-state index contributed by atoms with van der Waals surface area (Å²) in [5.74, 6) is 2.79. The molecule has 0 aliphatic carbocycles. The second kappa shape index (κ2) is 9.39. The second-order valence-electron chi connectivity index (χ2n) is 7.11. The van der Waals surface area contributed by atoms with Gasteiger partial charge in [-0.15, -0.1) is 0 Å². The molecular formula is C19H31N5O. The van der Waals surface area contributed by atoms with Gasteiger partial charge in [0.25, 0.3) is 0 Å². The van der Waals surface area contributed by atoms with E-state index in [1.807, 2.05) is 19.1 Å². The number of anilines is 1. The number of guanidine groups is 1. The molecule has 0 aromatic carbocycles. The van der Waals surface area contributed by atoms with Gasteiger partial charge in [-0.2, -0.15) is 0 Å². The Hall–Kier alpha value is -2.11. The highest BCUT2D eigenvalue weighted by molar-refractivity contribution is 5.90. The maximum absolute atomic E-state index is 12.1. The molecule has 2 heterocycles. The minimum atomic E-state index is -0.0590. The van der Waals surface area contributed by atoms with Crippen LogP contribution in [-0.2, 0) is 4.79 Å². The Morgan fingerprint density at radius 3 is 2.64 bits per heavy atom. The topological polar surface area (TPSA) is 69.6 Å². The fourth-order valence-corrected chi connectivity index (χ4v) is 3.27. The van der Waals surface area contributed by atoms with Gasteiger partial charge in [0.15, 0.2) is 5.96 Å². The van der Waals surface area contributed by atoms with Crippen molar-refractivity contribution in [1.29, 1.82) is 0 Å². The van der Waals surface area contributed by atoms with Crippen LogP contribution in [0.5, 0.6) is 0 Å². The molecular weight excluding hydrogens is 314 g/mol. The predicted molar refractivity (Wildman–Crippen MR) is 103 cm³/mol. The average molecular weight is 345 g/mol. The highest BCUT2D eigenvalue weighted by Crippen LogP contribution is 2.20. The monoisotopic (exact) mass is 345 g/mol. The molecule has 0 saturated carbocycles. The number of nitrogens with zero attached hydrogens (tertiary/aromatic N) is 3. The largest absolute Gasteiger partial charge is 0.357 e. The summed E-state index contributed by atoms with van der Waals surface area (Å²) >= 11 is 0. The first-order chi connectivity index (χ1) is 12.0. The van der Waals surface area contributed by atoms with Crippen LogP contribution in [0, 0.1) is 18.8 Å². The summed E-state index contributed by atoms with van der Waals surface area (Å²) in [4.78, 5) is 23.2. The lowest BCUT2D eigenvalue weighted by Gasteiger charge is -2.37. The molecule has 2 N–H and O–H groups in total. The summed E-state index contributed by atoms with van der Waals surface area (Å²) in [5.41, 5.74) is 1.07. The number of pyridine rings is 1. The van der Waals surface area contributed by atoms with E-state index in [1.165, 1.54) is 6.42 Å². The van der Waals surface area contributed by atoms with Gasteiger partial charge >= 0.3 is 0 Å². The molecule has 1 saturated heterocycles. The van der Waals surface area contributed by atoms with Crippen molar-refractivity contribution in [1.82, 2.24) is 15.2 Å². The molecule has 1 aromatic heterocycles. The van der Waals surface area contributed by atoms with E-state index in [2.05, 4.69) is 46.3 Å². The summed E-state index contributed by atoms with van der Waals surface area (Å²) in [6.45, 7) is 12.0. The fourth-order valence-electron chi connectivity index (χ4n) is 3.27. The number of aliphatic imine (C=N–C) groups is 1. The van der Waals surface area contributed by atoms with Gasteiger partial charge in [0.05, 0.1) is 6.54 Å². The van der Waals surface area contributed by atoms with Crippen molar-refractivity contribution in [3.05, 3.63) is 23.9 Å². The molecule has 6 heteroatoms. The SMILES string of the molecule is CCNC(=NCCC(=O)Nc1ccc(C)cn1)N1CC(C)CC(C)C1. The maximum atomic E-state index is 12.1. The van der Waals surface area contributed by atoms with Gasteiger partial charge < -0.3 is 15.5 Å². The Kier molecular flexibility index (Phi) is 7.22.